The first kappa shape index (κ1) is 14.2. The second-order valence-electron chi connectivity index (χ2n) is 3.79. The van der Waals surface area contributed by atoms with Crippen LogP contribution >= 0.6 is 35.0 Å². The average Bonchev–Trinajstić information content (AvgIpc) is 2.36. The molecule has 0 saturated heterocycles. The fourth-order valence-corrected chi connectivity index (χ4v) is 2.57. The minimum atomic E-state index is -0.311. The first-order valence-corrected chi connectivity index (χ1v) is 7.19. The van der Waals surface area contributed by atoms with Crippen molar-refractivity contribution in [2.45, 2.75) is 0 Å². The number of benzene rings is 1. The lowest BCUT2D eigenvalue weighted by atomic mass is 10.3. The minimum absolute atomic E-state index is 0.0329. The van der Waals surface area contributed by atoms with Crippen LogP contribution in [0.4, 0.5) is 5.69 Å². The van der Waals surface area contributed by atoms with Gasteiger partial charge < -0.3 is 10.2 Å². The molecule has 2 amide bonds. The zero-order valence-corrected chi connectivity index (χ0v) is 12.1. The van der Waals surface area contributed by atoms with Gasteiger partial charge in [-0.05, 0) is 23.6 Å². The van der Waals surface area contributed by atoms with Crippen molar-refractivity contribution in [2.24, 2.45) is 0 Å². The number of nitrogens with zero attached hydrogens (tertiary/aromatic N) is 1. The highest BCUT2D eigenvalue weighted by atomic mass is 35.5. The summed E-state index contributed by atoms with van der Waals surface area (Å²) in [6, 6.07) is 4.79. The van der Waals surface area contributed by atoms with Crippen LogP contribution in [0.25, 0.3) is 0 Å². The Morgan fingerprint density at radius 2 is 2.21 bits per heavy atom. The molecule has 0 unspecified atom stereocenters. The molecule has 1 aliphatic heterocycles. The first-order valence-electron chi connectivity index (χ1n) is 5.39. The highest BCUT2D eigenvalue weighted by Crippen LogP contribution is 2.25. The Balaban J connectivity index is 1.99. The minimum Gasteiger partial charge on any atom is -0.323 e. The van der Waals surface area contributed by atoms with Crippen LogP contribution < -0.4 is 5.32 Å². The maximum absolute atomic E-state index is 11.8. The first-order chi connectivity index (χ1) is 9.06. The van der Waals surface area contributed by atoms with E-state index in [-0.39, 0.29) is 18.4 Å². The summed E-state index contributed by atoms with van der Waals surface area (Å²) in [6.07, 6.45) is 1.60. The number of hydrogen-bond acceptors (Lipinski definition) is 3. The molecule has 1 aromatic carbocycles. The lowest BCUT2D eigenvalue weighted by molar-refractivity contribution is -0.129. The molecule has 0 radical (unpaired) electrons. The maximum Gasteiger partial charge on any atom is 0.244 e. The summed E-state index contributed by atoms with van der Waals surface area (Å²) in [5.41, 5.74) is 0.471. The second-order valence-corrected chi connectivity index (χ2v) is 5.53. The van der Waals surface area contributed by atoms with Crippen molar-refractivity contribution in [3.05, 3.63) is 39.9 Å². The lowest BCUT2D eigenvalue weighted by Gasteiger charge is -2.20. The molecule has 0 aromatic heterocycles. The molecule has 0 atom stereocenters. The van der Waals surface area contributed by atoms with Gasteiger partial charge in [0, 0.05) is 11.2 Å². The van der Waals surface area contributed by atoms with E-state index < -0.39 is 0 Å². The number of halogens is 2. The van der Waals surface area contributed by atoms with Gasteiger partial charge in [-0.2, -0.15) is 0 Å². The molecule has 19 heavy (non-hydrogen) atoms. The topological polar surface area (TPSA) is 49.4 Å². The molecule has 0 spiro atoms. The normalized spacial score (nSPS) is 14.6. The molecular weight excluding hydrogens is 307 g/mol. The number of thioether (sulfide) groups is 1. The van der Waals surface area contributed by atoms with E-state index in [1.54, 1.807) is 29.8 Å². The Kier molecular flexibility index (Phi) is 4.74. The fraction of sp³-hybridized carbons (Fsp3) is 0.167. The van der Waals surface area contributed by atoms with Gasteiger partial charge in [0.1, 0.15) is 6.54 Å². The number of amides is 2. The van der Waals surface area contributed by atoms with Gasteiger partial charge in [-0.15, -0.1) is 11.8 Å². The monoisotopic (exact) mass is 316 g/mol. The quantitative estimate of drug-likeness (QED) is 0.932. The van der Waals surface area contributed by atoms with Crippen molar-refractivity contribution >= 4 is 52.5 Å². The summed E-state index contributed by atoms with van der Waals surface area (Å²) >= 11 is 13.1. The summed E-state index contributed by atoms with van der Waals surface area (Å²) < 4.78 is 0. The van der Waals surface area contributed by atoms with E-state index in [4.69, 9.17) is 23.2 Å². The van der Waals surface area contributed by atoms with Gasteiger partial charge in [-0.1, -0.05) is 23.2 Å². The smallest absolute Gasteiger partial charge is 0.244 e. The molecule has 1 heterocycles. The molecule has 0 saturated carbocycles. The highest BCUT2D eigenvalue weighted by molar-refractivity contribution is 8.02. The number of carbonyl (C=O) groups is 2. The second kappa shape index (κ2) is 6.32. The van der Waals surface area contributed by atoms with Crippen molar-refractivity contribution in [3.8, 4) is 0 Å². The van der Waals surface area contributed by atoms with Crippen LogP contribution in [0.3, 0.4) is 0 Å². The van der Waals surface area contributed by atoms with Crippen LogP contribution in [-0.4, -0.2) is 29.0 Å². The third-order valence-electron chi connectivity index (χ3n) is 2.38. The summed E-state index contributed by atoms with van der Waals surface area (Å²) in [7, 11) is 0. The van der Waals surface area contributed by atoms with Gasteiger partial charge in [-0.3, -0.25) is 9.59 Å². The predicted octanol–water partition coefficient (Wildman–Crippen LogP) is 2.98. The number of anilines is 1. The van der Waals surface area contributed by atoms with Crippen molar-refractivity contribution < 1.29 is 9.59 Å². The van der Waals surface area contributed by atoms with Crippen LogP contribution in [0.1, 0.15) is 0 Å². The predicted molar refractivity (Wildman–Crippen MR) is 78.4 cm³/mol. The molecule has 100 valence electrons. The maximum atomic E-state index is 11.8. The van der Waals surface area contributed by atoms with Crippen LogP contribution in [0.2, 0.25) is 10.0 Å². The van der Waals surface area contributed by atoms with Gasteiger partial charge in [0.15, 0.2) is 0 Å². The molecule has 1 N–H and O–H groups in total. The molecule has 0 fully saturated rings. The molecule has 2 rings (SSSR count). The number of carbonyl (C=O) groups excluding carboxylic acids is 2. The molecular formula is C12H10Cl2N2O2S. The highest BCUT2D eigenvalue weighted by Gasteiger charge is 2.17. The van der Waals surface area contributed by atoms with Crippen molar-refractivity contribution in [1.29, 1.82) is 0 Å². The Labute approximate surface area is 124 Å². The van der Waals surface area contributed by atoms with Gasteiger partial charge in [0.05, 0.1) is 16.5 Å². The summed E-state index contributed by atoms with van der Waals surface area (Å²) in [5, 5.41) is 5.28. The van der Waals surface area contributed by atoms with Gasteiger partial charge in [-0.25, -0.2) is 0 Å². The Morgan fingerprint density at radius 1 is 1.42 bits per heavy atom. The average molecular weight is 317 g/mol. The number of hydrogen-bond donors (Lipinski definition) is 1. The SMILES string of the molecule is O=C(CN1C=CSCC1=O)Nc1ccc(Cl)cc1Cl. The largest absolute Gasteiger partial charge is 0.323 e. The van der Waals surface area contributed by atoms with Crippen LogP contribution in [0.15, 0.2) is 29.8 Å². The lowest BCUT2D eigenvalue weighted by Crippen LogP contribution is -2.36. The van der Waals surface area contributed by atoms with Crippen LogP contribution in [0.5, 0.6) is 0 Å². The van der Waals surface area contributed by atoms with Crippen molar-refractivity contribution in [2.75, 3.05) is 17.6 Å². The zero-order valence-electron chi connectivity index (χ0n) is 9.73. The molecule has 0 aliphatic carbocycles. The molecule has 0 bridgehead atoms. The van der Waals surface area contributed by atoms with E-state index in [1.165, 1.54) is 16.7 Å². The third kappa shape index (κ3) is 3.89. The van der Waals surface area contributed by atoms with E-state index in [9.17, 15) is 9.59 Å². The summed E-state index contributed by atoms with van der Waals surface area (Å²) in [6.45, 7) is -0.0329. The number of nitrogens with one attached hydrogen (secondary N) is 1. The van der Waals surface area contributed by atoms with E-state index >= 15 is 0 Å². The van der Waals surface area contributed by atoms with E-state index in [0.717, 1.165) is 0 Å². The fourth-order valence-electron chi connectivity index (χ4n) is 1.48. The Morgan fingerprint density at radius 3 is 2.89 bits per heavy atom. The van der Waals surface area contributed by atoms with Crippen molar-refractivity contribution in [1.82, 2.24) is 4.90 Å². The van der Waals surface area contributed by atoms with E-state index in [1.807, 2.05) is 0 Å². The molecule has 4 nitrogen and oxygen atoms in total. The molecule has 7 heteroatoms. The van der Waals surface area contributed by atoms with E-state index in [2.05, 4.69) is 5.32 Å². The van der Waals surface area contributed by atoms with Gasteiger partial charge in [0.25, 0.3) is 0 Å². The zero-order chi connectivity index (χ0) is 13.8. The third-order valence-corrected chi connectivity index (χ3v) is 3.66. The van der Waals surface area contributed by atoms with Crippen LogP contribution in [-0.2, 0) is 9.59 Å². The summed E-state index contributed by atoms with van der Waals surface area (Å²) in [4.78, 5) is 24.7. The number of rotatable bonds is 3. The Bertz CT molecular complexity index is 549. The van der Waals surface area contributed by atoms with Gasteiger partial charge in [0.2, 0.25) is 11.8 Å². The Hall–Kier alpha value is -1.17. The van der Waals surface area contributed by atoms with Crippen molar-refractivity contribution in [3.63, 3.8) is 0 Å². The molecule has 1 aliphatic rings. The van der Waals surface area contributed by atoms with Crippen LogP contribution in [0, 0.1) is 0 Å². The van der Waals surface area contributed by atoms with Gasteiger partial charge >= 0.3 is 0 Å². The standard InChI is InChI=1S/C12H10Cl2N2O2S/c13-8-1-2-10(9(14)5-8)15-11(17)6-16-3-4-19-7-12(16)18/h1-5H,6-7H2,(H,15,17). The van der Waals surface area contributed by atoms with E-state index in [0.29, 0.717) is 21.5 Å². The summed E-state index contributed by atoms with van der Waals surface area (Å²) in [5.74, 6) is -0.0511. The molecule has 1 aromatic rings.